The number of hydrogen-bond donors (Lipinski definition) is 4. The fraction of sp³-hybridized carbons (Fsp3) is 0.333. The van der Waals surface area contributed by atoms with Gasteiger partial charge >= 0.3 is 7.60 Å². The molecule has 0 aliphatic heterocycles. The van der Waals surface area contributed by atoms with E-state index in [9.17, 15) is 18.2 Å². The maximum absolute atomic E-state index is 12.9. The first-order valence-corrected chi connectivity index (χ1v) is 14.4. The molecule has 174 valence electrons. The summed E-state index contributed by atoms with van der Waals surface area (Å²) in [6, 6.07) is 5.24. The fourth-order valence-electron chi connectivity index (χ4n) is 3.01. The number of benzene rings is 1. The van der Waals surface area contributed by atoms with Crippen LogP contribution in [0.25, 0.3) is 11.0 Å². The second kappa shape index (κ2) is 9.43. The van der Waals surface area contributed by atoms with Gasteiger partial charge in [-0.05, 0) is 26.0 Å². The molecule has 32 heavy (non-hydrogen) atoms. The molecule has 0 fully saturated rings. The van der Waals surface area contributed by atoms with Gasteiger partial charge in [0.25, 0.3) is 0 Å². The fourth-order valence-corrected chi connectivity index (χ4v) is 7.07. The molecule has 0 amide bonds. The summed E-state index contributed by atoms with van der Waals surface area (Å²) in [7, 11) is -8.92. The summed E-state index contributed by atoms with van der Waals surface area (Å²) in [5.74, 6) is -0.271. The van der Waals surface area contributed by atoms with Gasteiger partial charge in [-0.15, -0.1) is 0 Å². The SMILES string of the molecule is COc1ccc2nc(S(=O)Cc3ncc(C)c(OCP(=O)(O)CP(=O)(O)O)c3C)[nH]c2c1. The van der Waals surface area contributed by atoms with Crippen LogP contribution in [0.5, 0.6) is 11.5 Å². The Kier molecular flexibility index (Phi) is 7.24. The zero-order chi connectivity index (χ0) is 23.7. The Morgan fingerprint density at radius 3 is 2.56 bits per heavy atom. The summed E-state index contributed by atoms with van der Waals surface area (Å²) < 4.78 is 46.6. The van der Waals surface area contributed by atoms with Gasteiger partial charge in [0.1, 0.15) is 17.4 Å². The second-order valence-electron chi connectivity index (χ2n) is 7.18. The van der Waals surface area contributed by atoms with Crippen molar-refractivity contribution in [1.29, 1.82) is 0 Å². The first kappa shape index (κ1) is 24.6. The Bertz CT molecular complexity index is 1270. The second-order valence-corrected chi connectivity index (χ2v) is 13.0. The average molecular weight is 503 g/mol. The van der Waals surface area contributed by atoms with E-state index in [4.69, 9.17) is 19.3 Å². The number of aromatic amines is 1. The van der Waals surface area contributed by atoms with Crippen LogP contribution in [0.1, 0.15) is 16.8 Å². The molecule has 0 aliphatic rings. The van der Waals surface area contributed by atoms with Gasteiger partial charge in [0, 0.05) is 23.4 Å². The molecule has 0 spiro atoms. The van der Waals surface area contributed by atoms with Crippen LogP contribution < -0.4 is 9.47 Å². The van der Waals surface area contributed by atoms with Crippen molar-refractivity contribution in [2.75, 3.05) is 19.4 Å². The Morgan fingerprint density at radius 1 is 1.19 bits per heavy atom. The van der Waals surface area contributed by atoms with Gasteiger partial charge in [0.2, 0.25) is 7.37 Å². The van der Waals surface area contributed by atoms with Crippen LogP contribution >= 0.6 is 15.0 Å². The minimum Gasteiger partial charge on any atom is -0.497 e. The quantitative estimate of drug-likeness (QED) is 0.318. The molecule has 2 aromatic heterocycles. The number of H-pyrrole nitrogens is 1. The minimum absolute atomic E-state index is 0.0126. The highest BCUT2D eigenvalue weighted by atomic mass is 32.2. The largest absolute Gasteiger partial charge is 0.497 e. The van der Waals surface area contributed by atoms with Crippen LogP contribution in [0.15, 0.2) is 29.6 Å². The van der Waals surface area contributed by atoms with Crippen molar-refractivity contribution in [1.82, 2.24) is 15.0 Å². The lowest BCUT2D eigenvalue weighted by Crippen LogP contribution is -2.08. The van der Waals surface area contributed by atoms with E-state index in [2.05, 4.69) is 15.0 Å². The third-order valence-electron chi connectivity index (χ3n) is 4.51. The average Bonchev–Trinajstić information content (AvgIpc) is 3.11. The normalized spacial score (nSPS) is 14.8. The zero-order valence-electron chi connectivity index (χ0n) is 17.5. The minimum atomic E-state index is -4.68. The summed E-state index contributed by atoms with van der Waals surface area (Å²) >= 11 is 0. The van der Waals surface area contributed by atoms with Crippen LogP contribution in [-0.4, -0.2) is 53.2 Å². The van der Waals surface area contributed by atoms with E-state index in [1.807, 2.05) is 0 Å². The third-order valence-corrected chi connectivity index (χ3v) is 9.45. The van der Waals surface area contributed by atoms with E-state index >= 15 is 0 Å². The van der Waals surface area contributed by atoms with Crippen molar-refractivity contribution in [3.8, 4) is 11.5 Å². The van der Waals surface area contributed by atoms with Crippen molar-refractivity contribution in [3.63, 3.8) is 0 Å². The van der Waals surface area contributed by atoms with E-state index in [1.165, 1.54) is 6.20 Å². The van der Waals surface area contributed by atoms with Crippen LogP contribution in [0.2, 0.25) is 0 Å². The number of aromatic nitrogens is 3. The van der Waals surface area contributed by atoms with Crippen LogP contribution in [0, 0.1) is 13.8 Å². The van der Waals surface area contributed by atoms with Crippen molar-refractivity contribution >= 4 is 36.8 Å². The number of hydrogen-bond acceptors (Lipinski definition) is 7. The number of ether oxygens (including phenoxy) is 2. The number of rotatable bonds is 9. The van der Waals surface area contributed by atoms with Crippen LogP contribution in [-0.2, 0) is 25.7 Å². The summed E-state index contributed by atoms with van der Waals surface area (Å²) in [6.07, 6.45) is 0.710. The number of nitrogens with zero attached hydrogens (tertiary/aromatic N) is 2. The Hall–Kier alpha value is -2.07. The number of pyridine rings is 1. The van der Waals surface area contributed by atoms with Crippen LogP contribution in [0.4, 0.5) is 0 Å². The van der Waals surface area contributed by atoms with E-state index in [0.29, 0.717) is 33.6 Å². The Labute approximate surface area is 186 Å². The maximum Gasteiger partial charge on any atom is 0.335 e. The van der Waals surface area contributed by atoms with Gasteiger partial charge in [-0.2, -0.15) is 0 Å². The van der Waals surface area contributed by atoms with Crippen molar-refractivity contribution in [2.24, 2.45) is 0 Å². The van der Waals surface area contributed by atoms with E-state index in [1.54, 1.807) is 39.2 Å². The van der Waals surface area contributed by atoms with E-state index in [0.717, 1.165) is 0 Å². The Balaban J connectivity index is 1.80. The van der Waals surface area contributed by atoms with Crippen molar-refractivity contribution in [2.45, 2.75) is 24.8 Å². The molecule has 0 saturated heterocycles. The smallest absolute Gasteiger partial charge is 0.335 e. The molecular formula is C18H23N3O8P2S. The lowest BCUT2D eigenvalue weighted by molar-refractivity contribution is 0.342. The molecule has 0 saturated carbocycles. The number of fused-ring (bicyclic) bond motifs is 1. The molecule has 4 N–H and O–H groups in total. The maximum atomic E-state index is 12.9. The van der Waals surface area contributed by atoms with Gasteiger partial charge in [0.15, 0.2) is 11.5 Å². The number of methoxy groups -OCH3 is 1. The monoisotopic (exact) mass is 503 g/mol. The highest BCUT2D eigenvalue weighted by molar-refractivity contribution is 7.84. The molecule has 3 rings (SSSR count). The predicted octanol–water partition coefficient (Wildman–Crippen LogP) is 2.63. The van der Waals surface area contributed by atoms with Gasteiger partial charge < -0.3 is 29.1 Å². The highest BCUT2D eigenvalue weighted by Crippen LogP contribution is 2.54. The first-order chi connectivity index (χ1) is 14.9. The van der Waals surface area contributed by atoms with E-state index < -0.39 is 38.0 Å². The third kappa shape index (κ3) is 6.04. The number of aryl methyl sites for hydroxylation is 1. The van der Waals surface area contributed by atoms with Crippen LogP contribution in [0.3, 0.4) is 0 Å². The molecule has 2 heterocycles. The molecular weight excluding hydrogens is 480 g/mol. The van der Waals surface area contributed by atoms with Gasteiger partial charge in [0.05, 0.1) is 40.4 Å². The topological polar surface area (TPSA) is 172 Å². The van der Waals surface area contributed by atoms with E-state index in [-0.39, 0.29) is 16.7 Å². The summed E-state index contributed by atoms with van der Waals surface area (Å²) in [6.45, 7) is 3.34. The molecule has 14 heteroatoms. The lowest BCUT2D eigenvalue weighted by Gasteiger charge is -2.17. The zero-order valence-corrected chi connectivity index (χ0v) is 20.1. The van der Waals surface area contributed by atoms with Gasteiger partial charge in [-0.1, -0.05) is 0 Å². The van der Waals surface area contributed by atoms with Crippen molar-refractivity contribution in [3.05, 3.63) is 41.2 Å². The Morgan fingerprint density at radius 2 is 1.91 bits per heavy atom. The molecule has 2 unspecified atom stereocenters. The highest BCUT2D eigenvalue weighted by Gasteiger charge is 2.31. The van der Waals surface area contributed by atoms with Gasteiger partial charge in [-0.25, -0.2) is 4.98 Å². The molecule has 11 nitrogen and oxygen atoms in total. The molecule has 0 bridgehead atoms. The molecule has 2 atom stereocenters. The molecule has 3 aromatic rings. The number of imidazole rings is 1. The first-order valence-electron chi connectivity index (χ1n) is 9.24. The molecule has 1 aromatic carbocycles. The summed E-state index contributed by atoms with van der Waals surface area (Å²) in [4.78, 5) is 39.4. The number of nitrogens with one attached hydrogen (secondary N) is 1. The summed E-state index contributed by atoms with van der Waals surface area (Å²) in [5.41, 5.74) is 2.81. The standard InChI is InChI=1S/C18H23N3O8P2S/c1-11-7-19-16(12(2)17(11)29-9-30(22,23)10-31(24,25)26)8-32(27)18-20-14-5-4-13(28-3)6-15(14)21-18/h4-7H,8-10H2,1-3H3,(H,20,21)(H,22,23)(H2,24,25,26). The molecule has 0 aliphatic carbocycles. The predicted molar refractivity (Wildman–Crippen MR) is 119 cm³/mol. The van der Waals surface area contributed by atoms with Gasteiger partial charge in [-0.3, -0.25) is 18.3 Å². The molecule has 0 radical (unpaired) electrons. The summed E-state index contributed by atoms with van der Waals surface area (Å²) in [5, 5.41) is 0.263. The van der Waals surface area contributed by atoms with Crippen molar-refractivity contribution < 1.29 is 37.5 Å². The lowest BCUT2D eigenvalue weighted by atomic mass is 10.1.